The lowest BCUT2D eigenvalue weighted by Gasteiger charge is -2.26. The Morgan fingerprint density at radius 1 is 1.03 bits per heavy atom. The third-order valence-electron chi connectivity index (χ3n) is 5.62. The highest BCUT2D eigenvalue weighted by Gasteiger charge is 2.31. The van der Waals surface area contributed by atoms with Crippen molar-refractivity contribution in [2.24, 2.45) is 0 Å². The summed E-state index contributed by atoms with van der Waals surface area (Å²) in [6.45, 7) is 3.11. The lowest BCUT2D eigenvalue weighted by molar-refractivity contribution is -0.129. The molecule has 2 aliphatic heterocycles. The van der Waals surface area contributed by atoms with Crippen LogP contribution in [0.4, 0.5) is 0 Å². The van der Waals surface area contributed by atoms with Crippen LogP contribution in [0.15, 0.2) is 23.4 Å². The van der Waals surface area contributed by atoms with E-state index < -0.39 is 0 Å². The first kappa shape index (κ1) is 18.8. The minimum Gasteiger partial charge on any atom is -0.490 e. The Morgan fingerprint density at radius 2 is 1.83 bits per heavy atom. The Labute approximate surface area is 174 Å². The van der Waals surface area contributed by atoms with Gasteiger partial charge < -0.3 is 14.4 Å². The molecule has 1 saturated carbocycles. The van der Waals surface area contributed by atoms with Gasteiger partial charge in [-0.1, -0.05) is 11.8 Å². The Bertz CT molecular complexity index is 890. The Hall–Kier alpha value is -2.22. The van der Waals surface area contributed by atoms with Gasteiger partial charge in [0.2, 0.25) is 5.91 Å². The summed E-state index contributed by atoms with van der Waals surface area (Å²) in [6, 6.07) is 6.39. The molecule has 2 fully saturated rings. The lowest BCUT2D eigenvalue weighted by Crippen LogP contribution is -2.36. The zero-order valence-corrected chi connectivity index (χ0v) is 17.3. The van der Waals surface area contributed by atoms with Gasteiger partial charge in [0, 0.05) is 31.1 Å². The molecule has 154 valence electrons. The number of likely N-dealkylation sites (tertiary alicyclic amines) is 1. The predicted octanol–water partition coefficient (Wildman–Crippen LogP) is 3.55. The fraction of sp³-hybridized carbons (Fsp3) is 0.571. The normalized spacial score (nSPS) is 19.1. The lowest BCUT2D eigenvalue weighted by atomic mass is 10.1. The number of piperidine rings is 1. The van der Waals surface area contributed by atoms with E-state index in [1.54, 1.807) is 0 Å². The van der Waals surface area contributed by atoms with Crippen molar-refractivity contribution < 1.29 is 14.3 Å². The average Bonchev–Trinajstić information content (AvgIpc) is 3.55. The summed E-state index contributed by atoms with van der Waals surface area (Å²) in [5, 5.41) is 9.75. The van der Waals surface area contributed by atoms with Gasteiger partial charge in [0.05, 0.1) is 19.0 Å². The monoisotopic (exact) mass is 414 g/mol. The highest BCUT2D eigenvalue weighted by molar-refractivity contribution is 7.99. The quantitative estimate of drug-likeness (QED) is 0.697. The number of hydrogen-bond donors (Lipinski definition) is 0. The van der Waals surface area contributed by atoms with Crippen molar-refractivity contribution in [3.05, 3.63) is 18.2 Å². The first-order chi connectivity index (χ1) is 14.3. The van der Waals surface area contributed by atoms with Gasteiger partial charge in [-0.25, -0.2) is 0 Å². The van der Waals surface area contributed by atoms with E-state index in [1.165, 1.54) is 18.2 Å². The predicted molar refractivity (Wildman–Crippen MR) is 110 cm³/mol. The molecule has 7 nitrogen and oxygen atoms in total. The second-order valence-electron chi connectivity index (χ2n) is 7.85. The molecule has 0 N–H and O–H groups in total. The van der Waals surface area contributed by atoms with Gasteiger partial charge in [-0.15, -0.1) is 10.2 Å². The van der Waals surface area contributed by atoms with Crippen molar-refractivity contribution in [1.29, 1.82) is 0 Å². The molecule has 29 heavy (non-hydrogen) atoms. The molecule has 3 aliphatic rings. The number of fused-ring (bicyclic) bond motifs is 1. The van der Waals surface area contributed by atoms with E-state index in [9.17, 15) is 4.79 Å². The van der Waals surface area contributed by atoms with E-state index in [-0.39, 0.29) is 5.91 Å². The molecule has 0 atom stereocenters. The Balaban J connectivity index is 1.36. The molecule has 0 bridgehead atoms. The molecule has 2 aromatic rings. The van der Waals surface area contributed by atoms with Gasteiger partial charge in [-0.3, -0.25) is 9.36 Å². The van der Waals surface area contributed by atoms with Crippen LogP contribution in [-0.2, 0) is 4.79 Å². The van der Waals surface area contributed by atoms with Crippen LogP contribution in [0, 0.1) is 0 Å². The zero-order chi connectivity index (χ0) is 19.6. The molecule has 3 heterocycles. The highest BCUT2D eigenvalue weighted by atomic mass is 32.2. The van der Waals surface area contributed by atoms with E-state index in [2.05, 4.69) is 14.8 Å². The maximum absolute atomic E-state index is 12.6. The third kappa shape index (κ3) is 4.08. The molecule has 8 heteroatoms. The van der Waals surface area contributed by atoms with E-state index in [0.717, 1.165) is 73.2 Å². The van der Waals surface area contributed by atoms with Crippen LogP contribution < -0.4 is 9.47 Å². The van der Waals surface area contributed by atoms with Gasteiger partial charge in [-0.05, 0) is 50.3 Å². The molecule has 0 spiro atoms. The number of thioether (sulfide) groups is 1. The molecule has 1 aromatic heterocycles. The van der Waals surface area contributed by atoms with Crippen molar-refractivity contribution in [2.45, 2.75) is 49.7 Å². The maximum Gasteiger partial charge on any atom is 0.233 e. The second kappa shape index (κ2) is 8.26. The highest BCUT2D eigenvalue weighted by Crippen LogP contribution is 2.42. The van der Waals surface area contributed by atoms with Gasteiger partial charge in [0.1, 0.15) is 0 Å². The number of carbonyl (C=O) groups is 1. The largest absolute Gasteiger partial charge is 0.490 e. The van der Waals surface area contributed by atoms with Crippen LogP contribution in [0.2, 0.25) is 0 Å². The number of rotatable bonds is 5. The van der Waals surface area contributed by atoms with Crippen molar-refractivity contribution in [2.75, 3.05) is 32.1 Å². The van der Waals surface area contributed by atoms with E-state index in [4.69, 9.17) is 9.47 Å². The number of hydrogen-bond acceptors (Lipinski definition) is 6. The molecule has 1 aromatic carbocycles. The van der Waals surface area contributed by atoms with Crippen LogP contribution >= 0.6 is 11.8 Å². The van der Waals surface area contributed by atoms with Crippen molar-refractivity contribution in [3.8, 4) is 22.9 Å². The van der Waals surface area contributed by atoms with Gasteiger partial charge in [-0.2, -0.15) is 0 Å². The number of aromatic nitrogens is 3. The van der Waals surface area contributed by atoms with Gasteiger partial charge in [0.25, 0.3) is 0 Å². The Kier molecular flexibility index (Phi) is 5.35. The smallest absolute Gasteiger partial charge is 0.233 e. The summed E-state index contributed by atoms with van der Waals surface area (Å²) in [4.78, 5) is 14.5. The number of ether oxygens (including phenoxy) is 2. The molecule has 5 rings (SSSR count). The fourth-order valence-corrected chi connectivity index (χ4v) is 4.81. The van der Waals surface area contributed by atoms with Crippen LogP contribution in [-0.4, -0.2) is 57.6 Å². The average molecular weight is 415 g/mol. The molecule has 1 saturated heterocycles. The van der Waals surface area contributed by atoms with Crippen LogP contribution in [0.5, 0.6) is 11.5 Å². The summed E-state index contributed by atoms with van der Waals surface area (Å²) in [5.41, 5.74) is 0.975. The first-order valence-electron chi connectivity index (χ1n) is 10.5. The van der Waals surface area contributed by atoms with E-state index in [1.807, 2.05) is 23.1 Å². The molecule has 0 unspecified atom stereocenters. The SMILES string of the molecule is O=C(CSc1nnc(-c2ccc3c(c2)OCCCO3)n1C1CC1)N1CCCCC1. The van der Waals surface area contributed by atoms with Crippen LogP contribution in [0.3, 0.4) is 0 Å². The molecule has 1 amide bonds. The van der Waals surface area contributed by atoms with Gasteiger partial charge in [0.15, 0.2) is 22.5 Å². The molecular weight excluding hydrogens is 388 g/mol. The molecular formula is C21H26N4O3S. The molecule has 0 radical (unpaired) electrons. The van der Waals surface area contributed by atoms with Crippen molar-refractivity contribution >= 4 is 17.7 Å². The fourth-order valence-electron chi connectivity index (χ4n) is 3.90. The summed E-state index contributed by atoms with van der Waals surface area (Å²) >= 11 is 1.51. The summed E-state index contributed by atoms with van der Waals surface area (Å²) in [7, 11) is 0. The minimum atomic E-state index is 0.206. The molecule has 1 aliphatic carbocycles. The summed E-state index contributed by atoms with van der Waals surface area (Å²) in [5.74, 6) is 3.02. The number of nitrogens with zero attached hydrogens (tertiary/aromatic N) is 4. The van der Waals surface area contributed by atoms with Crippen LogP contribution in [0.1, 0.15) is 44.6 Å². The van der Waals surface area contributed by atoms with Crippen molar-refractivity contribution in [3.63, 3.8) is 0 Å². The summed E-state index contributed by atoms with van der Waals surface area (Å²) < 4.78 is 13.8. The number of amides is 1. The number of benzene rings is 1. The third-order valence-corrected chi connectivity index (χ3v) is 6.54. The van der Waals surface area contributed by atoms with Crippen molar-refractivity contribution in [1.82, 2.24) is 19.7 Å². The minimum absolute atomic E-state index is 0.206. The topological polar surface area (TPSA) is 69.5 Å². The van der Waals surface area contributed by atoms with Crippen LogP contribution in [0.25, 0.3) is 11.4 Å². The number of carbonyl (C=O) groups excluding carboxylic acids is 1. The second-order valence-corrected chi connectivity index (χ2v) is 8.79. The first-order valence-corrected chi connectivity index (χ1v) is 11.5. The van der Waals surface area contributed by atoms with E-state index >= 15 is 0 Å². The Morgan fingerprint density at radius 3 is 2.62 bits per heavy atom. The summed E-state index contributed by atoms with van der Waals surface area (Å²) in [6.07, 6.45) is 6.60. The van der Waals surface area contributed by atoms with E-state index in [0.29, 0.717) is 25.0 Å². The zero-order valence-electron chi connectivity index (χ0n) is 16.5. The van der Waals surface area contributed by atoms with Gasteiger partial charge >= 0.3 is 0 Å². The maximum atomic E-state index is 12.6. The standard InChI is InChI=1S/C21H26N4O3S/c26-19(24-9-2-1-3-10-24)14-29-21-23-22-20(25(21)16-6-7-16)15-5-8-17-18(13-15)28-12-4-11-27-17/h5,8,13,16H,1-4,6-7,9-12,14H2.